The molecule has 0 aliphatic heterocycles. The SMILES string of the molecule is CC(C)N(CC(=O)O)C(=O)c1cc(N(C)C)c2ccccc2n1. The zero-order chi connectivity index (χ0) is 17.1. The Balaban J connectivity index is 2.53. The molecule has 0 radical (unpaired) electrons. The van der Waals surface area contributed by atoms with Crippen LogP contribution in [0.2, 0.25) is 0 Å². The lowest BCUT2D eigenvalue weighted by Crippen LogP contribution is -2.41. The first-order chi connectivity index (χ1) is 10.8. The second-order valence-electron chi connectivity index (χ2n) is 5.86. The molecular weight excluding hydrogens is 294 g/mol. The molecule has 23 heavy (non-hydrogen) atoms. The predicted octanol–water partition coefficient (Wildman–Crippen LogP) is 2.24. The number of hydrogen-bond acceptors (Lipinski definition) is 4. The minimum Gasteiger partial charge on any atom is -0.480 e. The smallest absolute Gasteiger partial charge is 0.323 e. The highest BCUT2D eigenvalue weighted by atomic mass is 16.4. The largest absolute Gasteiger partial charge is 0.480 e. The van der Waals surface area contributed by atoms with Crippen molar-refractivity contribution in [1.82, 2.24) is 9.88 Å². The number of carboxylic acids is 1. The highest BCUT2D eigenvalue weighted by Gasteiger charge is 2.23. The molecule has 0 fully saturated rings. The van der Waals surface area contributed by atoms with Gasteiger partial charge in [0.2, 0.25) is 0 Å². The first kappa shape index (κ1) is 16.7. The minimum absolute atomic E-state index is 0.227. The van der Waals surface area contributed by atoms with E-state index >= 15 is 0 Å². The number of carbonyl (C=O) groups excluding carboxylic acids is 1. The fourth-order valence-electron chi connectivity index (χ4n) is 2.42. The Kier molecular flexibility index (Phi) is 4.83. The highest BCUT2D eigenvalue weighted by molar-refractivity contribution is 6.00. The van der Waals surface area contributed by atoms with E-state index in [1.54, 1.807) is 19.9 Å². The molecular formula is C17H21N3O3. The standard InChI is InChI=1S/C17H21N3O3/c1-11(2)20(10-16(21)22)17(23)14-9-15(19(3)4)12-7-5-6-8-13(12)18-14/h5-9,11H,10H2,1-4H3,(H,21,22). The predicted molar refractivity (Wildman–Crippen MR) is 89.9 cm³/mol. The van der Waals surface area contributed by atoms with Crippen LogP contribution in [0.5, 0.6) is 0 Å². The summed E-state index contributed by atoms with van der Waals surface area (Å²) in [6.45, 7) is 3.23. The number of anilines is 1. The van der Waals surface area contributed by atoms with Gasteiger partial charge in [0.05, 0.1) is 5.52 Å². The molecule has 2 rings (SSSR count). The van der Waals surface area contributed by atoms with Crippen LogP contribution >= 0.6 is 0 Å². The van der Waals surface area contributed by atoms with Crippen LogP contribution in [0, 0.1) is 0 Å². The van der Waals surface area contributed by atoms with Crippen LogP contribution < -0.4 is 4.90 Å². The van der Waals surface area contributed by atoms with Gasteiger partial charge in [0.1, 0.15) is 12.2 Å². The van der Waals surface area contributed by atoms with Crippen LogP contribution in [-0.4, -0.2) is 53.5 Å². The Hall–Kier alpha value is -2.63. The number of nitrogens with zero attached hydrogens (tertiary/aromatic N) is 3. The topological polar surface area (TPSA) is 73.7 Å². The molecule has 0 unspecified atom stereocenters. The van der Waals surface area contributed by atoms with Gasteiger partial charge in [0.25, 0.3) is 5.91 Å². The number of para-hydroxylation sites is 1. The highest BCUT2D eigenvalue weighted by Crippen LogP contribution is 2.26. The quantitative estimate of drug-likeness (QED) is 0.916. The van der Waals surface area contributed by atoms with E-state index in [0.29, 0.717) is 5.52 Å². The maximum atomic E-state index is 12.7. The summed E-state index contributed by atoms with van der Waals surface area (Å²) in [4.78, 5) is 31.4. The molecule has 122 valence electrons. The van der Waals surface area contributed by atoms with Gasteiger partial charge in [-0.3, -0.25) is 9.59 Å². The van der Waals surface area contributed by atoms with Crippen LogP contribution in [0.3, 0.4) is 0 Å². The van der Waals surface area contributed by atoms with Gasteiger partial charge in [-0.2, -0.15) is 0 Å². The van der Waals surface area contributed by atoms with Crippen LogP contribution in [0.15, 0.2) is 30.3 Å². The van der Waals surface area contributed by atoms with Crippen LogP contribution in [-0.2, 0) is 4.79 Å². The van der Waals surface area contributed by atoms with E-state index in [1.165, 1.54) is 4.90 Å². The molecule has 0 bridgehead atoms. The van der Waals surface area contributed by atoms with Crippen molar-refractivity contribution in [2.75, 3.05) is 25.5 Å². The average molecular weight is 315 g/mol. The zero-order valence-corrected chi connectivity index (χ0v) is 13.8. The maximum Gasteiger partial charge on any atom is 0.323 e. The first-order valence-corrected chi connectivity index (χ1v) is 7.41. The number of aromatic nitrogens is 1. The summed E-state index contributed by atoms with van der Waals surface area (Å²) in [5.41, 5.74) is 1.83. The third-order valence-electron chi connectivity index (χ3n) is 3.59. The number of pyridine rings is 1. The van der Waals surface area contributed by atoms with Gasteiger partial charge in [-0.15, -0.1) is 0 Å². The van der Waals surface area contributed by atoms with Crippen molar-refractivity contribution < 1.29 is 14.7 Å². The Bertz CT molecular complexity index is 741. The van der Waals surface area contributed by atoms with E-state index in [-0.39, 0.29) is 24.2 Å². The monoisotopic (exact) mass is 315 g/mol. The Morgan fingerprint density at radius 2 is 1.87 bits per heavy atom. The van der Waals surface area contributed by atoms with Gasteiger partial charge < -0.3 is 14.9 Å². The summed E-state index contributed by atoms with van der Waals surface area (Å²) in [7, 11) is 3.79. The Morgan fingerprint density at radius 1 is 1.22 bits per heavy atom. The molecule has 0 aliphatic rings. The molecule has 6 nitrogen and oxygen atoms in total. The number of rotatable bonds is 5. The molecule has 0 saturated carbocycles. The van der Waals surface area contributed by atoms with Crippen LogP contribution in [0.1, 0.15) is 24.3 Å². The van der Waals surface area contributed by atoms with Crippen LogP contribution in [0.25, 0.3) is 10.9 Å². The molecule has 0 aliphatic carbocycles. The van der Waals surface area contributed by atoms with Gasteiger partial charge in [0, 0.05) is 31.2 Å². The molecule has 0 saturated heterocycles. The van der Waals surface area contributed by atoms with Crippen LogP contribution in [0.4, 0.5) is 5.69 Å². The molecule has 1 aromatic heterocycles. The van der Waals surface area contributed by atoms with Gasteiger partial charge in [0.15, 0.2) is 0 Å². The summed E-state index contributed by atoms with van der Waals surface area (Å²) in [6, 6.07) is 9.06. The van der Waals surface area contributed by atoms with E-state index in [4.69, 9.17) is 5.11 Å². The van der Waals surface area contributed by atoms with Crippen molar-refractivity contribution in [3.05, 3.63) is 36.0 Å². The van der Waals surface area contributed by atoms with Crippen molar-refractivity contribution in [1.29, 1.82) is 0 Å². The number of carbonyl (C=O) groups is 2. The number of aliphatic carboxylic acids is 1. The van der Waals surface area contributed by atoms with E-state index < -0.39 is 5.97 Å². The third-order valence-corrected chi connectivity index (χ3v) is 3.59. The second kappa shape index (κ2) is 6.64. The molecule has 1 amide bonds. The lowest BCUT2D eigenvalue weighted by molar-refractivity contribution is -0.138. The number of carboxylic acid groups (broad SMARTS) is 1. The van der Waals surface area contributed by atoms with E-state index in [0.717, 1.165) is 11.1 Å². The summed E-state index contributed by atoms with van der Waals surface area (Å²) >= 11 is 0. The fraction of sp³-hybridized carbons (Fsp3) is 0.353. The maximum absolute atomic E-state index is 12.7. The lowest BCUT2D eigenvalue weighted by Gasteiger charge is -2.25. The Morgan fingerprint density at radius 3 is 2.43 bits per heavy atom. The molecule has 6 heteroatoms. The van der Waals surface area contributed by atoms with Gasteiger partial charge in [-0.1, -0.05) is 18.2 Å². The second-order valence-corrected chi connectivity index (χ2v) is 5.86. The molecule has 1 aromatic carbocycles. The number of amides is 1. The average Bonchev–Trinajstić information content (AvgIpc) is 2.50. The van der Waals surface area contributed by atoms with Gasteiger partial charge >= 0.3 is 5.97 Å². The van der Waals surface area contributed by atoms with Gasteiger partial charge in [-0.05, 0) is 26.0 Å². The number of benzene rings is 1. The minimum atomic E-state index is -1.04. The normalized spacial score (nSPS) is 10.8. The molecule has 0 spiro atoms. The van der Waals surface area contributed by atoms with Crippen molar-refractivity contribution in [3.63, 3.8) is 0 Å². The zero-order valence-electron chi connectivity index (χ0n) is 13.8. The fourth-order valence-corrected chi connectivity index (χ4v) is 2.42. The summed E-state index contributed by atoms with van der Waals surface area (Å²) in [5.74, 6) is -1.42. The van der Waals surface area contributed by atoms with Gasteiger partial charge in [-0.25, -0.2) is 4.98 Å². The number of fused-ring (bicyclic) bond motifs is 1. The summed E-state index contributed by atoms with van der Waals surface area (Å²) < 4.78 is 0. The van der Waals surface area contributed by atoms with Crippen molar-refractivity contribution in [2.45, 2.75) is 19.9 Å². The molecule has 1 heterocycles. The lowest BCUT2D eigenvalue weighted by atomic mass is 10.1. The van der Waals surface area contributed by atoms with Crippen molar-refractivity contribution in [3.8, 4) is 0 Å². The van der Waals surface area contributed by atoms with Crippen molar-refractivity contribution in [2.24, 2.45) is 0 Å². The Labute approximate surface area is 135 Å². The molecule has 0 atom stereocenters. The number of hydrogen-bond donors (Lipinski definition) is 1. The first-order valence-electron chi connectivity index (χ1n) is 7.41. The van der Waals surface area contributed by atoms with E-state index in [9.17, 15) is 9.59 Å². The third kappa shape index (κ3) is 3.59. The molecule has 2 aromatic rings. The van der Waals surface area contributed by atoms with Crippen molar-refractivity contribution >= 4 is 28.5 Å². The summed E-state index contributed by atoms with van der Waals surface area (Å²) in [5, 5.41) is 9.97. The molecule has 1 N–H and O–H groups in total. The van der Waals surface area contributed by atoms with E-state index in [2.05, 4.69) is 4.98 Å². The summed E-state index contributed by atoms with van der Waals surface area (Å²) in [6.07, 6.45) is 0. The van der Waals surface area contributed by atoms with E-state index in [1.807, 2.05) is 43.3 Å².